The molecule has 0 saturated carbocycles. The standard InChI is InChI=1S/C10H15.C9H13.2ClH.Zr/c1-7-6-10(4,5)9(3)8(7)2;1-4-9-5-7(2)8(3)6-9;;;/h1-5H3;5-6H,4H2,1-3H3;2*1H;/q2*-1;;;+4/p-2. The molecule has 0 spiro atoms. The molecule has 0 unspecified atom stereocenters. The van der Waals surface area contributed by atoms with E-state index in [4.69, 9.17) is 0 Å². The van der Waals surface area contributed by atoms with Crippen LogP contribution in [0.1, 0.15) is 58.2 Å². The smallest absolute Gasteiger partial charge is 1.00 e. The second-order valence-electron chi connectivity index (χ2n) is 6.21. The van der Waals surface area contributed by atoms with E-state index in [0.717, 1.165) is 6.42 Å². The number of rotatable bonds is 1. The zero-order chi connectivity index (χ0) is 14.8. The van der Waals surface area contributed by atoms with Crippen LogP contribution in [0.5, 0.6) is 0 Å². The van der Waals surface area contributed by atoms with E-state index in [2.05, 4.69) is 73.6 Å². The molecule has 1 aliphatic carbocycles. The van der Waals surface area contributed by atoms with Gasteiger partial charge in [0.2, 0.25) is 0 Å². The van der Waals surface area contributed by atoms with Crippen LogP contribution in [0.2, 0.25) is 0 Å². The van der Waals surface area contributed by atoms with Crippen molar-refractivity contribution in [1.29, 1.82) is 0 Å². The van der Waals surface area contributed by atoms with Crippen LogP contribution in [0.15, 0.2) is 28.9 Å². The Balaban J connectivity index is -0.000000290. The first-order chi connectivity index (χ1) is 8.69. The van der Waals surface area contributed by atoms with Crippen LogP contribution in [0.4, 0.5) is 0 Å². The third-order valence-corrected chi connectivity index (χ3v) is 4.40. The molecule has 0 saturated heterocycles. The van der Waals surface area contributed by atoms with Crippen molar-refractivity contribution in [2.24, 2.45) is 5.41 Å². The summed E-state index contributed by atoms with van der Waals surface area (Å²) >= 11 is 0. The first-order valence-electron chi connectivity index (χ1n) is 7.22. The van der Waals surface area contributed by atoms with E-state index < -0.39 is 0 Å². The van der Waals surface area contributed by atoms with Crippen molar-refractivity contribution in [1.82, 2.24) is 0 Å². The molecule has 0 heterocycles. The Labute approximate surface area is 169 Å². The first-order valence-corrected chi connectivity index (χ1v) is 7.22. The van der Waals surface area contributed by atoms with Gasteiger partial charge >= 0.3 is 26.2 Å². The predicted octanol–water partition coefficient (Wildman–Crippen LogP) is -0.298. The SMILES string of the molecule is CC1=[C-]C(C)(C)C(C)=C1C.CCc1cc(C)[c-](C)c1.[Cl-].[Cl-].[Zr+4]. The molecular formula is C19H28Cl2Zr. The molecule has 2 rings (SSSR count). The van der Waals surface area contributed by atoms with Crippen LogP contribution in [-0.4, -0.2) is 0 Å². The van der Waals surface area contributed by atoms with Gasteiger partial charge in [-0.3, -0.25) is 6.08 Å². The van der Waals surface area contributed by atoms with Gasteiger partial charge in [0, 0.05) is 0 Å². The second kappa shape index (κ2) is 11.0. The van der Waals surface area contributed by atoms with Gasteiger partial charge < -0.3 is 24.8 Å². The summed E-state index contributed by atoms with van der Waals surface area (Å²) in [5.74, 6) is 0. The fourth-order valence-corrected chi connectivity index (χ4v) is 2.44. The summed E-state index contributed by atoms with van der Waals surface area (Å²) in [6.45, 7) is 17.4. The molecule has 22 heavy (non-hydrogen) atoms. The molecule has 0 amide bonds. The van der Waals surface area contributed by atoms with E-state index in [-0.39, 0.29) is 56.4 Å². The van der Waals surface area contributed by atoms with Crippen LogP contribution < -0.4 is 24.8 Å². The quantitative estimate of drug-likeness (QED) is 0.550. The molecular weight excluding hydrogens is 390 g/mol. The van der Waals surface area contributed by atoms with Crippen molar-refractivity contribution in [3.63, 3.8) is 0 Å². The number of aryl methyl sites for hydroxylation is 3. The van der Waals surface area contributed by atoms with Gasteiger partial charge in [-0.05, 0) is 0 Å². The van der Waals surface area contributed by atoms with E-state index in [9.17, 15) is 0 Å². The fraction of sp³-hybridized carbons (Fsp3) is 0.526. The third kappa shape index (κ3) is 6.81. The monoisotopic (exact) mass is 416 g/mol. The molecule has 0 nitrogen and oxygen atoms in total. The number of allylic oxidation sites excluding steroid dienone is 4. The van der Waals surface area contributed by atoms with Crippen molar-refractivity contribution < 1.29 is 51.0 Å². The van der Waals surface area contributed by atoms with Gasteiger partial charge in [-0.15, -0.1) is 6.92 Å². The van der Waals surface area contributed by atoms with E-state index in [1.54, 1.807) is 0 Å². The van der Waals surface area contributed by atoms with Crippen LogP contribution in [-0.2, 0) is 32.6 Å². The van der Waals surface area contributed by atoms with Gasteiger partial charge in [-0.2, -0.15) is 33.9 Å². The van der Waals surface area contributed by atoms with E-state index in [1.807, 2.05) is 0 Å². The molecule has 0 radical (unpaired) electrons. The molecule has 1 aromatic carbocycles. The Morgan fingerprint density at radius 1 is 1.09 bits per heavy atom. The van der Waals surface area contributed by atoms with Gasteiger partial charge in [0.05, 0.1) is 0 Å². The number of hydrogen-bond donors (Lipinski definition) is 0. The van der Waals surface area contributed by atoms with Gasteiger partial charge in [0.15, 0.2) is 0 Å². The minimum absolute atomic E-state index is 0. The Hall–Kier alpha value is 0.293. The Morgan fingerprint density at radius 3 is 1.73 bits per heavy atom. The van der Waals surface area contributed by atoms with E-state index >= 15 is 0 Å². The van der Waals surface area contributed by atoms with E-state index in [0.29, 0.717) is 0 Å². The summed E-state index contributed by atoms with van der Waals surface area (Å²) in [5, 5.41) is 0. The first kappa shape index (κ1) is 27.2. The summed E-state index contributed by atoms with van der Waals surface area (Å²) < 4.78 is 0. The van der Waals surface area contributed by atoms with Crippen molar-refractivity contribution in [2.45, 2.75) is 61.8 Å². The third-order valence-electron chi connectivity index (χ3n) is 4.40. The zero-order valence-electron chi connectivity index (χ0n) is 15.1. The maximum Gasteiger partial charge on any atom is 4.00 e. The predicted molar refractivity (Wildman–Crippen MR) is 85.5 cm³/mol. The fourth-order valence-electron chi connectivity index (χ4n) is 2.44. The van der Waals surface area contributed by atoms with Crippen LogP contribution >= 0.6 is 0 Å². The minimum atomic E-state index is 0. The molecule has 122 valence electrons. The van der Waals surface area contributed by atoms with Crippen molar-refractivity contribution >= 4 is 0 Å². The Kier molecular flexibility index (Phi) is 13.5. The number of hydrogen-bond acceptors (Lipinski definition) is 0. The Morgan fingerprint density at radius 2 is 1.59 bits per heavy atom. The van der Waals surface area contributed by atoms with Gasteiger partial charge in [0.1, 0.15) is 0 Å². The normalized spacial score (nSPS) is 14.8. The maximum absolute atomic E-state index is 3.44. The molecule has 0 atom stereocenters. The molecule has 0 fully saturated rings. The summed E-state index contributed by atoms with van der Waals surface area (Å²) in [6.07, 6.45) is 4.60. The minimum Gasteiger partial charge on any atom is -1.00 e. The van der Waals surface area contributed by atoms with Crippen LogP contribution in [0, 0.1) is 25.3 Å². The average Bonchev–Trinajstić information content (AvgIpc) is 2.74. The summed E-state index contributed by atoms with van der Waals surface area (Å²) in [5.41, 5.74) is 8.70. The van der Waals surface area contributed by atoms with E-state index in [1.165, 1.54) is 33.4 Å². The average molecular weight is 419 g/mol. The summed E-state index contributed by atoms with van der Waals surface area (Å²) in [7, 11) is 0. The molecule has 0 aromatic heterocycles. The summed E-state index contributed by atoms with van der Waals surface area (Å²) in [6, 6.07) is 4.52. The number of halogens is 2. The van der Waals surface area contributed by atoms with Crippen molar-refractivity contribution in [3.05, 3.63) is 51.6 Å². The van der Waals surface area contributed by atoms with Crippen LogP contribution in [0.3, 0.4) is 0 Å². The topological polar surface area (TPSA) is 0 Å². The summed E-state index contributed by atoms with van der Waals surface area (Å²) in [4.78, 5) is 0. The van der Waals surface area contributed by atoms with Crippen LogP contribution in [0.25, 0.3) is 0 Å². The zero-order valence-corrected chi connectivity index (χ0v) is 19.1. The largest absolute Gasteiger partial charge is 4.00 e. The van der Waals surface area contributed by atoms with Crippen molar-refractivity contribution in [2.75, 3.05) is 0 Å². The molecule has 3 heteroatoms. The Bertz CT molecular complexity index is 500. The maximum atomic E-state index is 3.44. The van der Waals surface area contributed by atoms with Gasteiger partial charge in [-0.25, -0.2) is 11.6 Å². The molecule has 1 aliphatic rings. The van der Waals surface area contributed by atoms with Gasteiger partial charge in [-0.1, -0.05) is 60.3 Å². The molecule has 0 N–H and O–H groups in total. The second-order valence-corrected chi connectivity index (χ2v) is 6.21. The van der Waals surface area contributed by atoms with Gasteiger partial charge in [0.25, 0.3) is 0 Å². The molecule has 1 aromatic rings. The molecule has 0 bridgehead atoms. The molecule has 0 aliphatic heterocycles. The van der Waals surface area contributed by atoms with Crippen molar-refractivity contribution in [3.8, 4) is 0 Å².